The number of aliphatic hydroxyl groups is 3. The van der Waals surface area contributed by atoms with Crippen molar-refractivity contribution in [1.82, 2.24) is 5.32 Å². The summed E-state index contributed by atoms with van der Waals surface area (Å²) in [4.78, 5) is 21.0. The number of carbonyl (C=O) groups is 2. The highest BCUT2D eigenvalue weighted by Crippen LogP contribution is 2.22. The molecule has 0 aliphatic carbocycles. The number of nitrogens with one attached hydrogen (secondary N) is 1. The monoisotopic (exact) mass is 557 g/mol. The molecule has 1 rings (SSSR count). The molecular weight excluding hydrogens is 502 g/mol. The molecule has 1 aliphatic rings. The van der Waals surface area contributed by atoms with Gasteiger partial charge in [0.25, 0.3) is 0 Å². The quantitative estimate of drug-likeness (QED) is 0.0827. The van der Waals surface area contributed by atoms with Gasteiger partial charge in [-0.1, -0.05) is 83.4 Å². The van der Waals surface area contributed by atoms with Crippen LogP contribution in [0.4, 0.5) is 0 Å². The molecule has 1 amide bonds. The van der Waals surface area contributed by atoms with E-state index in [4.69, 9.17) is 14.6 Å². The Morgan fingerprint density at radius 2 is 1.36 bits per heavy atom. The highest BCUT2D eigenvalue weighted by molar-refractivity contribution is 5.84. The smallest absolute Gasteiger partial charge is 0.330 e. The first-order valence-corrected chi connectivity index (χ1v) is 14.7. The molecule has 0 aromatic carbocycles. The lowest BCUT2D eigenvalue weighted by Crippen LogP contribution is -2.64. The van der Waals surface area contributed by atoms with E-state index in [0.29, 0.717) is 6.61 Å². The van der Waals surface area contributed by atoms with Gasteiger partial charge < -0.3 is 35.2 Å². The van der Waals surface area contributed by atoms with Crippen molar-refractivity contribution in [2.75, 3.05) is 13.2 Å². The van der Waals surface area contributed by atoms with E-state index in [1.54, 1.807) is 0 Å². The maximum Gasteiger partial charge on any atom is 0.330 e. The Kier molecular flexibility index (Phi) is 23.0. The summed E-state index contributed by atoms with van der Waals surface area (Å²) >= 11 is 0. The zero-order valence-corrected chi connectivity index (χ0v) is 24.5. The molecule has 1 heterocycles. The molecule has 0 aromatic heterocycles. The van der Waals surface area contributed by atoms with Crippen molar-refractivity contribution >= 4 is 11.9 Å². The summed E-state index contributed by atoms with van der Waals surface area (Å²) in [5.41, 5.74) is 0.176. The van der Waals surface area contributed by atoms with Crippen molar-refractivity contribution in [3.8, 4) is 0 Å². The zero-order chi connectivity index (χ0) is 29.5. The third-order valence-corrected chi connectivity index (χ3v) is 6.55. The van der Waals surface area contributed by atoms with Gasteiger partial charge in [0.05, 0.1) is 6.61 Å². The molecule has 0 unspecified atom stereocenters. The molecule has 0 spiro atoms. The molecule has 0 aromatic rings. The highest BCUT2D eigenvalue weighted by Gasteiger charge is 2.45. The molecular formula is C30H55NO8. The Hall–Kier alpha value is -1.78. The summed E-state index contributed by atoms with van der Waals surface area (Å²) in [5, 5.41) is 40.1. The van der Waals surface area contributed by atoms with E-state index in [1.807, 2.05) is 0 Å². The first-order chi connectivity index (χ1) is 18.6. The lowest BCUT2D eigenvalue weighted by Gasteiger charge is -2.42. The maximum absolute atomic E-state index is 11.4. The minimum atomic E-state index is -1.28. The average molecular weight is 558 g/mol. The number of aliphatic hydroxyl groups excluding tert-OH is 3. The maximum atomic E-state index is 11.4. The highest BCUT2D eigenvalue weighted by atomic mass is 16.7. The summed E-state index contributed by atoms with van der Waals surface area (Å²) < 4.78 is 11.3. The molecule has 0 radical (unpaired) electrons. The second-order valence-electron chi connectivity index (χ2n) is 10.3. The third-order valence-electron chi connectivity index (χ3n) is 6.55. The number of carboxylic acids is 1. The zero-order valence-electron chi connectivity index (χ0n) is 24.5. The van der Waals surface area contributed by atoms with E-state index < -0.39 is 43.2 Å². The van der Waals surface area contributed by atoms with Crippen LogP contribution in [0.3, 0.4) is 0 Å². The van der Waals surface area contributed by atoms with Gasteiger partial charge in [-0.05, 0) is 39.0 Å². The first kappa shape index (κ1) is 37.2. The van der Waals surface area contributed by atoms with Crippen LogP contribution in [0.5, 0.6) is 0 Å². The van der Waals surface area contributed by atoms with E-state index in [9.17, 15) is 24.9 Å². The number of unbranched alkanes of at least 4 members (excludes halogenated alkanes) is 12. The van der Waals surface area contributed by atoms with Crippen LogP contribution in [0.1, 0.15) is 111 Å². The Balaban J connectivity index is 0.00000215. The summed E-state index contributed by atoms with van der Waals surface area (Å²) in [6.45, 7) is 8.19. The van der Waals surface area contributed by atoms with Gasteiger partial charge in [-0.15, -0.1) is 0 Å². The van der Waals surface area contributed by atoms with E-state index in [2.05, 4.69) is 31.0 Å². The predicted molar refractivity (Wildman–Crippen MR) is 153 cm³/mol. The molecule has 228 valence electrons. The van der Waals surface area contributed by atoms with E-state index in [1.165, 1.54) is 84.5 Å². The Morgan fingerprint density at radius 3 is 1.82 bits per heavy atom. The molecule has 1 fully saturated rings. The van der Waals surface area contributed by atoms with Gasteiger partial charge in [-0.2, -0.15) is 0 Å². The number of ether oxygens (including phenoxy) is 2. The van der Waals surface area contributed by atoms with Gasteiger partial charge in [0.1, 0.15) is 24.4 Å². The van der Waals surface area contributed by atoms with Gasteiger partial charge in [-0.25, -0.2) is 4.79 Å². The standard InChI is InChI=1S/C26H49NO6.C4H6O2/c1-3-4-5-6-7-8-9-10-11-12-13-14-15-16-17-18-19-32-26-23(27-21(2)29)25(31)24(30)22(20-28)33-26;1-3(2)4(5)6/h10-11,22-26,28,30-31H,3-9,12-20H2,1-2H3,(H,27,29);1H2,2H3,(H,5,6)/b11-10-;/t22-,23-,24-,25-,26+;/m1./s1. The second kappa shape index (κ2) is 24.1. The Labute approximate surface area is 235 Å². The van der Waals surface area contributed by atoms with Crippen LogP contribution in [0, 0.1) is 0 Å². The van der Waals surface area contributed by atoms with E-state index in [0.717, 1.165) is 19.3 Å². The molecule has 1 saturated heterocycles. The van der Waals surface area contributed by atoms with Gasteiger partial charge in [0, 0.05) is 19.1 Å². The molecule has 5 N–H and O–H groups in total. The minimum Gasteiger partial charge on any atom is -0.478 e. The summed E-state index contributed by atoms with van der Waals surface area (Å²) in [6, 6.07) is -0.866. The fraction of sp³-hybridized carbons (Fsp3) is 0.800. The van der Waals surface area contributed by atoms with Crippen molar-refractivity contribution < 1.29 is 39.5 Å². The van der Waals surface area contributed by atoms with Gasteiger partial charge in [0.2, 0.25) is 5.91 Å². The first-order valence-electron chi connectivity index (χ1n) is 14.7. The molecule has 9 nitrogen and oxygen atoms in total. The van der Waals surface area contributed by atoms with Crippen LogP contribution in [0.15, 0.2) is 24.3 Å². The number of hydrogen-bond acceptors (Lipinski definition) is 7. The number of aliphatic carboxylic acids is 1. The summed E-state index contributed by atoms with van der Waals surface area (Å²) in [5.74, 6) is -1.28. The van der Waals surface area contributed by atoms with Gasteiger partial charge >= 0.3 is 5.97 Å². The SMILES string of the molecule is C=C(C)C(=O)O.CCCCCCCC/C=C\CCCCCCCCO[C@H]1O[C@H](CO)[C@@H](O)[C@H](O)[C@H]1NC(C)=O. The van der Waals surface area contributed by atoms with Crippen LogP contribution in [-0.4, -0.2) is 76.2 Å². The normalized spacial score (nSPS) is 22.8. The van der Waals surface area contributed by atoms with Crippen molar-refractivity contribution in [2.45, 2.75) is 141 Å². The van der Waals surface area contributed by atoms with Crippen LogP contribution in [-0.2, 0) is 19.1 Å². The fourth-order valence-electron chi connectivity index (χ4n) is 4.16. The number of carboxylic acid groups (broad SMARTS) is 1. The Bertz CT molecular complexity index is 672. The fourth-order valence-corrected chi connectivity index (χ4v) is 4.16. The summed E-state index contributed by atoms with van der Waals surface area (Å²) in [6.07, 6.45) is 17.5. The second-order valence-corrected chi connectivity index (χ2v) is 10.3. The molecule has 0 bridgehead atoms. The van der Waals surface area contributed by atoms with Gasteiger partial charge in [0.15, 0.2) is 6.29 Å². The molecule has 9 heteroatoms. The minimum absolute atomic E-state index is 0.176. The molecule has 5 atom stereocenters. The average Bonchev–Trinajstić information content (AvgIpc) is 2.89. The molecule has 39 heavy (non-hydrogen) atoms. The van der Waals surface area contributed by atoms with Crippen LogP contribution >= 0.6 is 0 Å². The number of amides is 1. The van der Waals surface area contributed by atoms with Crippen molar-refractivity contribution in [1.29, 1.82) is 0 Å². The van der Waals surface area contributed by atoms with Crippen LogP contribution in [0.25, 0.3) is 0 Å². The Morgan fingerprint density at radius 1 is 0.872 bits per heavy atom. The van der Waals surface area contributed by atoms with E-state index >= 15 is 0 Å². The number of rotatable bonds is 20. The lowest BCUT2D eigenvalue weighted by molar-refractivity contribution is -0.270. The number of carbonyl (C=O) groups excluding carboxylic acids is 1. The topological polar surface area (TPSA) is 146 Å². The largest absolute Gasteiger partial charge is 0.478 e. The number of hydrogen-bond donors (Lipinski definition) is 5. The van der Waals surface area contributed by atoms with Crippen molar-refractivity contribution in [3.05, 3.63) is 24.3 Å². The van der Waals surface area contributed by atoms with Crippen LogP contribution < -0.4 is 5.32 Å². The van der Waals surface area contributed by atoms with Crippen LogP contribution in [0.2, 0.25) is 0 Å². The van der Waals surface area contributed by atoms with E-state index in [-0.39, 0.29) is 11.5 Å². The summed E-state index contributed by atoms with van der Waals surface area (Å²) in [7, 11) is 0. The number of allylic oxidation sites excluding steroid dienone is 2. The predicted octanol–water partition coefficient (Wildman–Crippen LogP) is 4.63. The third kappa shape index (κ3) is 19.0. The van der Waals surface area contributed by atoms with Crippen molar-refractivity contribution in [3.63, 3.8) is 0 Å². The molecule has 0 saturated carbocycles. The lowest BCUT2D eigenvalue weighted by atomic mass is 9.97. The van der Waals surface area contributed by atoms with Crippen molar-refractivity contribution in [2.24, 2.45) is 0 Å². The van der Waals surface area contributed by atoms with Gasteiger partial charge in [-0.3, -0.25) is 4.79 Å². The molecule has 1 aliphatic heterocycles.